The fraction of sp³-hybridized carbons (Fsp3) is 0.300. The number of halogens is 2. The van der Waals surface area contributed by atoms with Crippen LogP contribution < -0.4 is 0 Å². The van der Waals surface area contributed by atoms with Gasteiger partial charge in [-0.05, 0) is 65.8 Å². The lowest BCUT2D eigenvalue weighted by molar-refractivity contribution is -0.132. The van der Waals surface area contributed by atoms with E-state index in [1.54, 1.807) is 0 Å². The molecule has 1 aliphatic rings. The van der Waals surface area contributed by atoms with Crippen molar-refractivity contribution in [2.75, 3.05) is 13.1 Å². The lowest BCUT2D eigenvalue weighted by Gasteiger charge is -2.31. The second-order valence-electron chi connectivity index (χ2n) is 9.73. The molecule has 1 amide bonds. The van der Waals surface area contributed by atoms with E-state index in [9.17, 15) is 9.18 Å². The molecule has 3 nitrogen and oxygen atoms in total. The highest BCUT2D eigenvalue weighted by Crippen LogP contribution is 2.36. The van der Waals surface area contributed by atoms with Crippen molar-refractivity contribution in [3.05, 3.63) is 107 Å². The Bertz CT molecular complexity index is 1320. The Balaban J connectivity index is 1.54. The molecule has 5 heteroatoms. The van der Waals surface area contributed by atoms with Crippen molar-refractivity contribution in [3.63, 3.8) is 0 Å². The second-order valence-corrected chi connectivity index (χ2v) is 10.2. The maximum Gasteiger partial charge on any atom is 0.223 e. The van der Waals surface area contributed by atoms with Crippen molar-refractivity contribution >= 4 is 28.4 Å². The number of nitrogens with zero attached hydrogens (tertiary/aromatic N) is 2. The number of carbonyl (C=O) groups excluding carboxylic acids is 1. The van der Waals surface area contributed by atoms with Gasteiger partial charge in [-0.25, -0.2) is 4.39 Å². The number of para-hydroxylation sites is 1. The monoisotopic (exact) mass is 488 g/mol. The molecule has 0 bridgehead atoms. The van der Waals surface area contributed by atoms with Gasteiger partial charge in [0.1, 0.15) is 5.82 Å². The minimum Gasteiger partial charge on any atom is -0.343 e. The lowest BCUT2D eigenvalue weighted by Crippen LogP contribution is -2.38. The SMILES string of the molecule is CC1CCN(C(=O)C[C@@H](c2cccc(Cl)c2)c2cn(Cc3ccc(F)cc3)c3ccccc23)CC1. The number of hydrogen-bond acceptors (Lipinski definition) is 1. The van der Waals surface area contributed by atoms with Gasteiger partial charge in [0.2, 0.25) is 5.91 Å². The third-order valence-electron chi connectivity index (χ3n) is 7.23. The Kier molecular flexibility index (Phi) is 6.92. The first-order chi connectivity index (χ1) is 17.0. The van der Waals surface area contributed by atoms with Gasteiger partial charge in [-0.3, -0.25) is 4.79 Å². The summed E-state index contributed by atoms with van der Waals surface area (Å²) in [5.74, 6) is 0.516. The Morgan fingerprint density at radius 3 is 2.51 bits per heavy atom. The van der Waals surface area contributed by atoms with Gasteiger partial charge in [0.05, 0.1) is 0 Å². The van der Waals surface area contributed by atoms with Crippen LogP contribution >= 0.6 is 11.6 Å². The van der Waals surface area contributed by atoms with Crippen LogP contribution in [0.25, 0.3) is 10.9 Å². The van der Waals surface area contributed by atoms with Crippen LogP contribution in [0, 0.1) is 11.7 Å². The van der Waals surface area contributed by atoms with Crippen molar-refractivity contribution in [1.29, 1.82) is 0 Å². The van der Waals surface area contributed by atoms with E-state index in [4.69, 9.17) is 11.6 Å². The minimum atomic E-state index is -0.238. The fourth-order valence-corrected chi connectivity index (χ4v) is 5.36. The third kappa shape index (κ3) is 5.28. The summed E-state index contributed by atoms with van der Waals surface area (Å²) in [6.07, 6.45) is 4.68. The van der Waals surface area contributed by atoms with E-state index in [-0.39, 0.29) is 17.6 Å². The number of likely N-dealkylation sites (tertiary alicyclic amines) is 1. The molecular formula is C30H30ClFN2O. The molecule has 35 heavy (non-hydrogen) atoms. The molecule has 0 saturated carbocycles. The fourth-order valence-electron chi connectivity index (χ4n) is 5.16. The quantitative estimate of drug-likeness (QED) is 0.280. The van der Waals surface area contributed by atoms with Gasteiger partial charge in [-0.1, -0.05) is 61.0 Å². The summed E-state index contributed by atoms with van der Waals surface area (Å²) in [7, 11) is 0. The standard InChI is InChI=1S/C30H30ClFN2O/c1-21-13-15-33(16-14-21)30(35)18-27(23-5-4-6-24(31)17-23)28-20-34(29-8-3-2-7-26(28)29)19-22-9-11-25(32)12-10-22/h2-12,17,20-21,27H,13-16,18-19H2,1H3/t27-/m0/s1. The van der Waals surface area contributed by atoms with E-state index in [1.165, 1.54) is 12.1 Å². The number of piperidine rings is 1. The number of benzene rings is 3. The van der Waals surface area contributed by atoms with E-state index in [0.29, 0.717) is 23.9 Å². The van der Waals surface area contributed by atoms with Crippen LogP contribution in [0.3, 0.4) is 0 Å². The zero-order valence-corrected chi connectivity index (χ0v) is 20.7. The van der Waals surface area contributed by atoms with Gasteiger partial charge >= 0.3 is 0 Å². The molecule has 4 aromatic rings. The van der Waals surface area contributed by atoms with Crippen LogP contribution in [0.15, 0.2) is 79.0 Å². The molecule has 180 valence electrons. The topological polar surface area (TPSA) is 25.2 Å². The predicted molar refractivity (Wildman–Crippen MR) is 140 cm³/mol. The van der Waals surface area contributed by atoms with E-state index in [0.717, 1.165) is 53.5 Å². The first kappa shape index (κ1) is 23.6. The van der Waals surface area contributed by atoms with Gasteiger partial charge in [-0.2, -0.15) is 0 Å². The molecule has 1 atom stereocenters. The number of rotatable bonds is 6. The molecular weight excluding hydrogens is 459 g/mol. The van der Waals surface area contributed by atoms with Crippen LogP contribution in [-0.2, 0) is 11.3 Å². The van der Waals surface area contributed by atoms with Crippen LogP contribution in [0.5, 0.6) is 0 Å². The number of fused-ring (bicyclic) bond motifs is 1. The Morgan fingerprint density at radius 2 is 1.77 bits per heavy atom. The van der Waals surface area contributed by atoms with Gasteiger partial charge in [0.25, 0.3) is 0 Å². The summed E-state index contributed by atoms with van der Waals surface area (Å²) >= 11 is 6.39. The summed E-state index contributed by atoms with van der Waals surface area (Å²) in [6.45, 7) is 4.54. The first-order valence-electron chi connectivity index (χ1n) is 12.3. The maximum absolute atomic E-state index is 13.5. The summed E-state index contributed by atoms with van der Waals surface area (Å²) < 4.78 is 15.6. The zero-order valence-electron chi connectivity index (χ0n) is 20.0. The smallest absolute Gasteiger partial charge is 0.223 e. The second kappa shape index (κ2) is 10.2. The van der Waals surface area contributed by atoms with E-state index >= 15 is 0 Å². The number of hydrogen-bond donors (Lipinski definition) is 0. The number of carbonyl (C=O) groups is 1. The predicted octanol–water partition coefficient (Wildman–Crippen LogP) is 7.26. The molecule has 0 unspecified atom stereocenters. The average Bonchev–Trinajstić information content (AvgIpc) is 3.22. The van der Waals surface area contributed by atoms with E-state index in [1.807, 2.05) is 47.4 Å². The highest BCUT2D eigenvalue weighted by atomic mass is 35.5. The summed E-state index contributed by atoms with van der Waals surface area (Å²) in [4.78, 5) is 15.5. The number of aromatic nitrogens is 1. The van der Waals surface area contributed by atoms with Crippen molar-refractivity contribution in [1.82, 2.24) is 9.47 Å². The molecule has 5 rings (SSSR count). The molecule has 1 saturated heterocycles. The Hall–Kier alpha value is -3.11. The van der Waals surface area contributed by atoms with Crippen molar-refractivity contribution in [2.45, 2.75) is 38.6 Å². The van der Waals surface area contributed by atoms with Crippen molar-refractivity contribution in [3.8, 4) is 0 Å². The molecule has 0 spiro atoms. The largest absolute Gasteiger partial charge is 0.343 e. The maximum atomic E-state index is 13.5. The van der Waals surface area contributed by atoms with E-state index < -0.39 is 0 Å². The van der Waals surface area contributed by atoms with Crippen LogP contribution in [-0.4, -0.2) is 28.5 Å². The summed E-state index contributed by atoms with van der Waals surface area (Å²) in [6, 6.07) is 22.8. The molecule has 0 radical (unpaired) electrons. The highest BCUT2D eigenvalue weighted by Gasteiger charge is 2.27. The molecule has 1 aliphatic heterocycles. The van der Waals surface area contributed by atoms with Gasteiger partial charge in [0, 0.05) is 54.1 Å². The van der Waals surface area contributed by atoms with E-state index in [2.05, 4.69) is 35.9 Å². The number of amides is 1. The van der Waals surface area contributed by atoms with Crippen LogP contribution in [0.1, 0.15) is 48.8 Å². The summed E-state index contributed by atoms with van der Waals surface area (Å²) in [5, 5.41) is 1.79. The summed E-state index contributed by atoms with van der Waals surface area (Å²) in [5.41, 5.74) is 4.28. The van der Waals surface area contributed by atoms with Crippen molar-refractivity contribution < 1.29 is 9.18 Å². The minimum absolute atomic E-state index is 0.111. The van der Waals surface area contributed by atoms with Crippen LogP contribution in [0.2, 0.25) is 5.02 Å². The molecule has 0 aliphatic carbocycles. The third-order valence-corrected chi connectivity index (χ3v) is 7.46. The van der Waals surface area contributed by atoms with Gasteiger partial charge < -0.3 is 9.47 Å². The highest BCUT2D eigenvalue weighted by molar-refractivity contribution is 6.30. The molecule has 1 fully saturated rings. The lowest BCUT2D eigenvalue weighted by atomic mass is 9.87. The van der Waals surface area contributed by atoms with Crippen LogP contribution in [0.4, 0.5) is 4.39 Å². The Morgan fingerprint density at radius 1 is 1.03 bits per heavy atom. The Labute approximate surface area is 211 Å². The normalized spacial score (nSPS) is 15.5. The molecule has 0 N–H and O–H groups in total. The average molecular weight is 489 g/mol. The van der Waals surface area contributed by atoms with Gasteiger partial charge in [-0.15, -0.1) is 0 Å². The molecule has 3 aromatic carbocycles. The first-order valence-corrected chi connectivity index (χ1v) is 12.7. The van der Waals surface area contributed by atoms with Gasteiger partial charge in [0.15, 0.2) is 0 Å². The van der Waals surface area contributed by atoms with Crippen molar-refractivity contribution in [2.24, 2.45) is 5.92 Å². The molecule has 1 aromatic heterocycles. The molecule has 2 heterocycles. The zero-order chi connectivity index (χ0) is 24.4.